The largest absolute Gasteiger partial charge is 0.336 e. The number of pyridine rings is 1. The molecule has 2 aliphatic heterocycles. The van der Waals surface area contributed by atoms with Gasteiger partial charge in [-0.15, -0.1) is 0 Å². The van der Waals surface area contributed by atoms with Crippen LogP contribution in [0.15, 0.2) is 41.6 Å². The summed E-state index contributed by atoms with van der Waals surface area (Å²) in [6.07, 6.45) is 3.09. The van der Waals surface area contributed by atoms with Gasteiger partial charge in [0.05, 0.1) is 17.2 Å². The summed E-state index contributed by atoms with van der Waals surface area (Å²) in [5, 5.41) is 14.5. The van der Waals surface area contributed by atoms with Crippen LogP contribution in [0.5, 0.6) is 0 Å². The second-order valence-corrected chi connectivity index (χ2v) is 8.06. The van der Waals surface area contributed by atoms with Crippen LogP contribution in [0.25, 0.3) is 0 Å². The number of nitriles is 1. The minimum absolute atomic E-state index is 0.0543. The summed E-state index contributed by atoms with van der Waals surface area (Å²) in [4.78, 5) is 34.2. The Kier molecular flexibility index (Phi) is 5.53. The molecule has 1 saturated heterocycles. The van der Waals surface area contributed by atoms with Gasteiger partial charge in [0.1, 0.15) is 5.92 Å². The average Bonchev–Trinajstić information content (AvgIpc) is 3.16. The predicted molar refractivity (Wildman–Crippen MR) is 117 cm³/mol. The maximum Gasteiger partial charge on any atom is 0.261 e. The molecule has 3 heterocycles. The molecule has 0 aliphatic carbocycles. The number of carbonyl (C=O) groups is 2. The first-order chi connectivity index (χ1) is 14.9. The molecule has 0 bridgehead atoms. The molecule has 2 unspecified atom stereocenters. The third kappa shape index (κ3) is 3.92. The molecule has 1 fully saturated rings. The Morgan fingerprint density at radius 3 is 2.68 bits per heavy atom. The lowest BCUT2D eigenvalue weighted by atomic mass is 9.94. The number of likely N-dealkylation sites (N-methyl/N-ethyl adjacent to an activating group) is 1. The molecule has 1 aromatic carbocycles. The highest BCUT2D eigenvalue weighted by molar-refractivity contribution is 6.12. The van der Waals surface area contributed by atoms with Gasteiger partial charge in [-0.3, -0.25) is 9.59 Å². The number of hydrazone groups is 1. The van der Waals surface area contributed by atoms with Crippen LogP contribution in [0, 0.1) is 18.3 Å². The molecule has 4 rings (SSSR count). The van der Waals surface area contributed by atoms with Crippen LogP contribution >= 0.6 is 0 Å². The third-order valence-electron chi connectivity index (χ3n) is 6.00. The van der Waals surface area contributed by atoms with Crippen molar-refractivity contribution in [1.82, 2.24) is 14.8 Å². The van der Waals surface area contributed by atoms with Crippen LogP contribution in [-0.2, 0) is 4.79 Å². The predicted octanol–water partition coefficient (Wildman–Crippen LogP) is 2.15. The highest BCUT2D eigenvalue weighted by Crippen LogP contribution is 2.28. The Labute approximate surface area is 181 Å². The van der Waals surface area contributed by atoms with Crippen molar-refractivity contribution in [2.24, 2.45) is 5.10 Å². The monoisotopic (exact) mass is 416 g/mol. The van der Waals surface area contributed by atoms with Crippen molar-refractivity contribution in [2.75, 3.05) is 31.7 Å². The smallest absolute Gasteiger partial charge is 0.261 e. The molecule has 0 saturated carbocycles. The fourth-order valence-electron chi connectivity index (χ4n) is 3.92. The van der Waals surface area contributed by atoms with Crippen LogP contribution in [0.3, 0.4) is 0 Å². The zero-order valence-electron chi connectivity index (χ0n) is 17.8. The molecule has 2 amide bonds. The fraction of sp³-hybridized carbons (Fsp3) is 0.348. The zero-order valence-corrected chi connectivity index (χ0v) is 17.8. The number of carbonyl (C=O) groups excluding carboxylic acids is 2. The van der Waals surface area contributed by atoms with Gasteiger partial charge in [0, 0.05) is 38.1 Å². The molecule has 2 aromatic rings. The normalized spacial score (nSPS) is 21.4. The van der Waals surface area contributed by atoms with Gasteiger partial charge >= 0.3 is 0 Å². The fourth-order valence-corrected chi connectivity index (χ4v) is 3.92. The Bertz CT molecular complexity index is 1090. The molecular formula is C23H24N6O2. The highest BCUT2D eigenvalue weighted by Gasteiger charge is 2.33. The van der Waals surface area contributed by atoms with Gasteiger partial charge in [0.25, 0.3) is 11.8 Å². The first-order valence-corrected chi connectivity index (χ1v) is 10.2. The van der Waals surface area contributed by atoms with Crippen molar-refractivity contribution in [1.29, 1.82) is 5.26 Å². The SMILES string of the molecule is Cc1cc(C#N)ccc1C1C=NN(c2ccc(C(=O)N3CCN(C)C(C)C3)cn2)C1=O. The van der Waals surface area contributed by atoms with E-state index < -0.39 is 5.92 Å². The van der Waals surface area contributed by atoms with E-state index in [9.17, 15) is 9.59 Å². The van der Waals surface area contributed by atoms with Crippen LogP contribution in [0.2, 0.25) is 0 Å². The zero-order chi connectivity index (χ0) is 22.1. The number of aryl methyl sites for hydroxylation is 1. The van der Waals surface area contributed by atoms with Crippen LogP contribution in [0.4, 0.5) is 5.82 Å². The summed E-state index contributed by atoms with van der Waals surface area (Å²) in [6.45, 7) is 6.17. The summed E-state index contributed by atoms with van der Waals surface area (Å²) in [7, 11) is 2.06. The molecule has 0 N–H and O–H groups in total. The molecule has 158 valence electrons. The maximum absolute atomic E-state index is 13.0. The van der Waals surface area contributed by atoms with E-state index in [2.05, 4.69) is 35.0 Å². The summed E-state index contributed by atoms with van der Waals surface area (Å²) >= 11 is 0. The van der Waals surface area contributed by atoms with Gasteiger partial charge in [-0.2, -0.15) is 15.4 Å². The summed E-state index contributed by atoms with van der Waals surface area (Å²) < 4.78 is 0. The van der Waals surface area contributed by atoms with Crippen molar-refractivity contribution >= 4 is 23.8 Å². The Balaban J connectivity index is 1.48. The molecule has 31 heavy (non-hydrogen) atoms. The maximum atomic E-state index is 13.0. The highest BCUT2D eigenvalue weighted by atomic mass is 16.2. The van der Waals surface area contributed by atoms with Gasteiger partial charge in [-0.1, -0.05) is 6.07 Å². The number of piperazine rings is 1. The average molecular weight is 416 g/mol. The standard InChI is InChI=1S/C23H24N6O2/c1-15-10-17(11-24)4-6-19(15)20-13-26-29(23(20)31)21-7-5-18(12-25-21)22(30)28-9-8-27(3)16(2)14-28/h4-7,10,12-13,16,20H,8-9,14H2,1-3H3. The Hall–Kier alpha value is -3.57. The van der Waals surface area contributed by atoms with E-state index in [1.165, 1.54) is 11.2 Å². The number of rotatable bonds is 3. The third-order valence-corrected chi connectivity index (χ3v) is 6.00. The van der Waals surface area contributed by atoms with E-state index in [4.69, 9.17) is 5.26 Å². The number of benzene rings is 1. The van der Waals surface area contributed by atoms with Crippen molar-refractivity contribution in [2.45, 2.75) is 25.8 Å². The van der Waals surface area contributed by atoms with Gasteiger partial charge in [0.2, 0.25) is 0 Å². The first kappa shape index (κ1) is 20.7. The second-order valence-electron chi connectivity index (χ2n) is 8.06. The number of hydrogen-bond acceptors (Lipinski definition) is 6. The summed E-state index contributed by atoms with van der Waals surface area (Å²) in [6, 6.07) is 11.0. The lowest BCUT2D eigenvalue weighted by Crippen LogP contribution is -2.52. The number of aromatic nitrogens is 1. The molecule has 8 heteroatoms. The molecule has 1 aromatic heterocycles. The molecule has 8 nitrogen and oxygen atoms in total. The van der Waals surface area contributed by atoms with Crippen molar-refractivity contribution in [3.8, 4) is 6.07 Å². The summed E-state index contributed by atoms with van der Waals surface area (Å²) in [5.41, 5.74) is 2.72. The summed E-state index contributed by atoms with van der Waals surface area (Å²) in [5.74, 6) is -0.422. The Morgan fingerprint density at radius 2 is 2.03 bits per heavy atom. The Morgan fingerprint density at radius 1 is 1.23 bits per heavy atom. The van der Waals surface area contributed by atoms with E-state index in [0.717, 1.165) is 17.7 Å². The quantitative estimate of drug-likeness (QED) is 0.764. The van der Waals surface area contributed by atoms with Gasteiger partial charge in [0.15, 0.2) is 5.82 Å². The molecule has 2 atom stereocenters. The number of nitrogens with zero attached hydrogens (tertiary/aromatic N) is 6. The van der Waals surface area contributed by atoms with E-state index in [0.29, 0.717) is 36.1 Å². The van der Waals surface area contributed by atoms with Crippen molar-refractivity contribution in [3.63, 3.8) is 0 Å². The van der Waals surface area contributed by atoms with Crippen molar-refractivity contribution < 1.29 is 9.59 Å². The van der Waals surface area contributed by atoms with E-state index in [1.807, 2.05) is 11.8 Å². The topological polar surface area (TPSA) is 92.9 Å². The van der Waals surface area contributed by atoms with E-state index >= 15 is 0 Å². The van der Waals surface area contributed by atoms with Gasteiger partial charge in [-0.25, -0.2) is 4.98 Å². The lowest BCUT2D eigenvalue weighted by molar-refractivity contribution is -0.118. The number of amides is 2. The molecular weight excluding hydrogens is 392 g/mol. The van der Waals surface area contributed by atoms with Gasteiger partial charge < -0.3 is 9.80 Å². The van der Waals surface area contributed by atoms with Crippen LogP contribution < -0.4 is 5.01 Å². The van der Waals surface area contributed by atoms with E-state index in [-0.39, 0.29) is 11.8 Å². The van der Waals surface area contributed by atoms with Gasteiger partial charge in [-0.05, 0) is 56.3 Å². The van der Waals surface area contributed by atoms with Crippen LogP contribution in [0.1, 0.15) is 39.9 Å². The molecule has 2 aliphatic rings. The lowest BCUT2D eigenvalue weighted by Gasteiger charge is -2.37. The van der Waals surface area contributed by atoms with Crippen LogP contribution in [-0.4, -0.2) is 65.5 Å². The minimum Gasteiger partial charge on any atom is -0.336 e. The number of anilines is 1. The van der Waals surface area contributed by atoms with Crippen molar-refractivity contribution in [3.05, 3.63) is 58.8 Å². The number of hydrogen-bond donors (Lipinski definition) is 0. The minimum atomic E-state index is -0.525. The molecule has 0 radical (unpaired) electrons. The molecule has 0 spiro atoms. The second kappa shape index (κ2) is 8.28. The first-order valence-electron chi connectivity index (χ1n) is 10.2. The van der Waals surface area contributed by atoms with E-state index in [1.54, 1.807) is 36.5 Å².